The molecule has 1 atom stereocenters. The molecular weight excluding hydrogens is 240 g/mol. The minimum atomic E-state index is -0.222. The van der Waals surface area contributed by atoms with Crippen molar-refractivity contribution in [1.29, 1.82) is 0 Å². The zero-order valence-electron chi connectivity index (χ0n) is 10.5. The minimum absolute atomic E-state index is 0.222. The van der Waals surface area contributed by atoms with Crippen LogP contribution in [0.5, 0.6) is 0 Å². The molecule has 1 unspecified atom stereocenters. The van der Waals surface area contributed by atoms with Gasteiger partial charge in [-0.05, 0) is 6.07 Å². The Bertz CT molecular complexity index is 700. The molecule has 0 fully saturated rings. The summed E-state index contributed by atoms with van der Waals surface area (Å²) in [6.07, 6.45) is 6.99. The Morgan fingerprint density at radius 1 is 1.16 bits per heavy atom. The molecule has 3 rings (SSSR count). The number of benzene rings is 1. The number of aryl methyl sites for hydroxylation is 1. The molecule has 6 nitrogen and oxygen atoms in total. The SMILES string of the molecule is Cn1ccnc1C(NN)c1cccc2nccnc12. The second kappa shape index (κ2) is 4.75. The van der Waals surface area contributed by atoms with E-state index < -0.39 is 0 Å². The summed E-state index contributed by atoms with van der Waals surface area (Å²) in [5, 5.41) is 0. The topological polar surface area (TPSA) is 81.7 Å². The third-order valence-electron chi connectivity index (χ3n) is 3.12. The maximum Gasteiger partial charge on any atom is 0.131 e. The van der Waals surface area contributed by atoms with E-state index in [2.05, 4.69) is 20.4 Å². The predicted molar refractivity (Wildman–Crippen MR) is 71.9 cm³/mol. The normalized spacial score (nSPS) is 12.7. The number of imidazole rings is 1. The molecule has 0 aliphatic rings. The van der Waals surface area contributed by atoms with Gasteiger partial charge in [-0.25, -0.2) is 10.4 Å². The summed E-state index contributed by atoms with van der Waals surface area (Å²) in [5.41, 5.74) is 5.43. The van der Waals surface area contributed by atoms with Gasteiger partial charge in [-0.3, -0.25) is 15.8 Å². The van der Waals surface area contributed by atoms with Crippen LogP contribution in [0.15, 0.2) is 43.0 Å². The summed E-state index contributed by atoms with van der Waals surface area (Å²) in [6, 6.07) is 5.63. The fraction of sp³-hybridized carbons (Fsp3) is 0.154. The second-order valence-electron chi connectivity index (χ2n) is 4.27. The number of aromatic nitrogens is 4. The van der Waals surface area contributed by atoms with Crippen molar-refractivity contribution in [3.63, 3.8) is 0 Å². The zero-order valence-corrected chi connectivity index (χ0v) is 10.5. The number of nitrogens with two attached hydrogens (primary N) is 1. The molecular formula is C13H14N6. The van der Waals surface area contributed by atoms with Gasteiger partial charge >= 0.3 is 0 Å². The van der Waals surface area contributed by atoms with E-state index in [1.807, 2.05) is 36.0 Å². The Morgan fingerprint density at radius 2 is 2.00 bits per heavy atom. The van der Waals surface area contributed by atoms with Crippen LogP contribution < -0.4 is 11.3 Å². The molecule has 2 aromatic heterocycles. The molecule has 0 radical (unpaired) electrons. The van der Waals surface area contributed by atoms with Crippen LogP contribution in [0.4, 0.5) is 0 Å². The quantitative estimate of drug-likeness (QED) is 0.536. The molecule has 0 bridgehead atoms. The van der Waals surface area contributed by atoms with Crippen LogP contribution in [0.2, 0.25) is 0 Å². The second-order valence-corrected chi connectivity index (χ2v) is 4.27. The maximum atomic E-state index is 5.70. The van der Waals surface area contributed by atoms with Gasteiger partial charge in [0, 0.05) is 37.4 Å². The van der Waals surface area contributed by atoms with Gasteiger partial charge in [-0.1, -0.05) is 12.1 Å². The first-order valence-corrected chi connectivity index (χ1v) is 5.94. The van der Waals surface area contributed by atoms with E-state index in [4.69, 9.17) is 5.84 Å². The van der Waals surface area contributed by atoms with Gasteiger partial charge < -0.3 is 4.57 Å². The number of fused-ring (bicyclic) bond motifs is 1. The average molecular weight is 254 g/mol. The monoisotopic (exact) mass is 254 g/mol. The molecule has 0 saturated heterocycles. The number of rotatable bonds is 3. The van der Waals surface area contributed by atoms with E-state index in [9.17, 15) is 0 Å². The number of hydrazine groups is 1. The third kappa shape index (κ3) is 1.96. The van der Waals surface area contributed by atoms with Crippen molar-refractivity contribution >= 4 is 11.0 Å². The third-order valence-corrected chi connectivity index (χ3v) is 3.12. The highest BCUT2D eigenvalue weighted by Gasteiger charge is 2.19. The van der Waals surface area contributed by atoms with Crippen molar-refractivity contribution in [3.8, 4) is 0 Å². The van der Waals surface area contributed by atoms with Gasteiger partial charge in [-0.15, -0.1) is 0 Å². The molecule has 0 saturated carbocycles. The van der Waals surface area contributed by atoms with Crippen LogP contribution in [0.25, 0.3) is 11.0 Å². The molecule has 2 heterocycles. The summed E-state index contributed by atoms with van der Waals surface area (Å²) >= 11 is 0. The van der Waals surface area contributed by atoms with Crippen LogP contribution in [0.1, 0.15) is 17.4 Å². The average Bonchev–Trinajstić information content (AvgIpc) is 2.86. The van der Waals surface area contributed by atoms with Crippen molar-refractivity contribution < 1.29 is 0 Å². The van der Waals surface area contributed by atoms with Crippen LogP contribution in [0.3, 0.4) is 0 Å². The Morgan fingerprint density at radius 3 is 2.74 bits per heavy atom. The van der Waals surface area contributed by atoms with Gasteiger partial charge in [-0.2, -0.15) is 0 Å². The van der Waals surface area contributed by atoms with Crippen LogP contribution in [0, 0.1) is 0 Å². The molecule has 0 aliphatic carbocycles. The van der Waals surface area contributed by atoms with Gasteiger partial charge in [0.15, 0.2) is 0 Å². The molecule has 0 spiro atoms. The van der Waals surface area contributed by atoms with Crippen LogP contribution >= 0.6 is 0 Å². The molecule has 1 aromatic carbocycles. The highest BCUT2D eigenvalue weighted by atomic mass is 15.3. The summed E-state index contributed by atoms with van der Waals surface area (Å²) in [4.78, 5) is 13.0. The number of nitrogens with one attached hydrogen (secondary N) is 1. The highest BCUT2D eigenvalue weighted by Crippen LogP contribution is 2.25. The Labute approximate surface area is 110 Å². The number of nitrogens with zero attached hydrogens (tertiary/aromatic N) is 4. The lowest BCUT2D eigenvalue weighted by Gasteiger charge is -2.17. The largest absolute Gasteiger partial charge is 0.336 e. The van der Waals surface area contributed by atoms with E-state index in [1.165, 1.54) is 0 Å². The molecule has 96 valence electrons. The predicted octanol–water partition coefficient (Wildman–Crippen LogP) is 0.916. The number of hydrogen-bond donors (Lipinski definition) is 2. The lowest BCUT2D eigenvalue weighted by Crippen LogP contribution is -2.31. The minimum Gasteiger partial charge on any atom is -0.336 e. The summed E-state index contributed by atoms with van der Waals surface area (Å²) < 4.78 is 1.93. The van der Waals surface area contributed by atoms with Gasteiger partial charge in [0.05, 0.1) is 11.0 Å². The van der Waals surface area contributed by atoms with Crippen molar-refractivity contribution in [2.24, 2.45) is 12.9 Å². The summed E-state index contributed by atoms with van der Waals surface area (Å²) in [7, 11) is 1.93. The van der Waals surface area contributed by atoms with Crippen molar-refractivity contribution in [3.05, 3.63) is 54.4 Å². The van der Waals surface area contributed by atoms with E-state index in [1.54, 1.807) is 18.6 Å². The lowest BCUT2D eigenvalue weighted by molar-refractivity contribution is 0.582. The molecule has 6 heteroatoms. The van der Waals surface area contributed by atoms with Crippen molar-refractivity contribution in [2.75, 3.05) is 0 Å². The summed E-state index contributed by atoms with van der Waals surface area (Å²) in [6.45, 7) is 0. The highest BCUT2D eigenvalue weighted by molar-refractivity contribution is 5.78. The zero-order chi connectivity index (χ0) is 13.2. The van der Waals surface area contributed by atoms with E-state index in [0.717, 1.165) is 22.4 Å². The van der Waals surface area contributed by atoms with Gasteiger partial charge in [0.1, 0.15) is 11.9 Å². The summed E-state index contributed by atoms with van der Waals surface area (Å²) in [5.74, 6) is 6.54. The first-order chi connectivity index (χ1) is 9.31. The molecule has 19 heavy (non-hydrogen) atoms. The maximum absolute atomic E-state index is 5.70. The van der Waals surface area contributed by atoms with Crippen molar-refractivity contribution in [2.45, 2.75) is 6.04 Å². The van der Waals surface area contributed by atoms with E-state index >= 15 is 0 Å². The molecule has 0 aliphatic heterocycles. The molecule has 3 aromatic rings. The fourth-order valence-electron chi connectivity index (χ4n) is 2.21. The van der Waals surface area contributed by atoms with Crippen molar-refractivity contribution in [1.82, 2.24) is 24.9 Å². The lowest BCUT2D eigenvalue weighted by atomic mass is 10.0. The first-order valence-electron chi connectivity index (χ1n) is 5.94. The first kappa shape index (κ1) is 11.8. The van der Waals surface area contributed by atoms with Gasteiger partial charge in [0.25, 0.3) is 0 Å². The Hall–Kier alpha value is -2.31. The number of para-hydroxylation sites is 1. The standard InChI is InChI=1S/C13H14N6/c1-19-8-7-17-13(19)12(18-14)9-3-2-4-10-11(9)16-6-5-15-10/h2-8,12,18H,14H2,1H3. The van der Waals surface area contributed by atoms with Crippen LogP contribution in [-0.2, 0) is 7.05 Å². The Balaban J connectivity index is 2.20. The Kier molecular flexibility index (Phi) is 2.94. The van der Waals surface area contributed by atoms with Crippen LogP contribution in [-0.4, -0.2) is 19.5 Å². The molecule has 3 N–H and O–H groups in total. The van der Waals surface area contributed by atoms with Gasteiger partial charge in [0.2, 0.25) is 0 Å². The smallest absolute Gasteiger partial charge is 0.131 e. The number of hydrogen-bond acceptors (Lipinski definition) is 5. The molecule has 0 amide bonds. The van der Waals surface area contributed by atoms with E-state index in [0.29, 0.717) is 0 Å². The van der Waals surface area contributed by atoms with E-state index in [-0.39, 0.29) is 6.04 Å². The fourth-order valence-corrected chi connectivity index (χ4v) is 2.21.